The molecule has 0 unspecified atom stereocenters. The fourth-order valence-corrected chi connectivity index (χ4v) is 1.10. The zero-order valence-corrected chi connectivity index (χ0v) is 7.45. The predicted octanol–water partition coefficient (Wildman–Crippen LogP) is 1.16. The van der Waals surface area contributed by atoms with E-state index in [0.29, 0.717) is 19.2 Å². The summed E-state index contributed by atoms with van der Waals surface area (Å²) in [4.78, 5) is 13.0. The highest BCUT2D eigenvalue weighted by Gasteiger charge is 2.27. The van der Waals surface area contributed by atoms with E-state index in [1.165, 1.54) is 12.8 Å². The fourth-order valence-electron chi connectivity index (χ4n) is 1.10. The van der Waals surface area contributed by atoms with Crippen LogP contribution in [-0.2, 0) is 9.53 Å². The largest absolute Gasteiger partial charge is 0.465 e. The van der Waals surface area contributed by atoms with Gasteiger partial charge in [0.05, 0.1) is 6.61 Å². The quantitative estimate of drug-likeness (QED) is 0.578. The molecule has 12 heavy (non-hydrogen) atoms. The molecule has 0 aliphatic heterocycles. The number of ether oxygens (including phenoxy) is 1. The van der Waals surface area contributed by atoms with Gasteiger partial charge in [-0.2, -0.15) is 0 Å². The van der Waals surface area contributed by atoms with Crippen LogP contribution < -0.4 is 0 Å². The number of carbonyl (C=O) groups excluding carboxylic acids is 1. The van der Waals surface area contributed by atoms with E-state index < -0.39 is 0 Å². The molecule has 0 N–H and O–H groups in total. The lowest BCUT2D eigenvalue weighted by Gasteiger charge is -2.17. The van der Waals surface area contributed by atoms with Crippen LogP contribution in [0, 0.1) is 0 Å². The molecule has 0 atom stereocenters. The summed E-state index contributed by atoms with van der Waals surface area (Å²) < 4.78 is 4.82. The SMILES string of the molecule is C=CN(CC(=O)OCC)C1CC1. The number of rotatable bonds is 5. The topological polar surface area (TPSA) is 29.5 Å². The maximum atomic E-state index is 11.0. The second-order valence-corrected chi connectivity index (χ2v) is 2.89. The van der Waals surface area contributed by atoms with Crippen molar-refractivity contribution >= 4 is 5.97 Å². The molecule has 0 saturated heterocycles. The van der Waals surface area contributed by atoms with E-state index in [0.717, 1.165) is 0 Å². The second-order valence-electron chi connectivity index (χ2n) is 2.89. The maximum Gasteiger partial charge on any atom is 0.325 e. The highest BCUT2D eigenvalue weighted by molar-refractivity contribution is 5.71. The molecule has 0 aromatic heterocycles. The van der Waals surface area contributed by atoms with E-state index in [4.69, 9.17) is 4.74 Å². The van der Waals surface area contributed by atoms with Crippen LogP contribution in [0.2, 0.25) is 0 Å². The second kappa shape index (κ2) is 4.14. The standard InChI is InChI=1S/C9H15NO2/c1-3-10(8-5-6-8)7-9(11)12-4-2/h3,8H,1,4-7H2,2H3. The monoisotopic (exact) mass is 169 g/mol. The van der Waals surface area contributed by atoms with E-state index >= 15 is 0 Å². The zero-order valence-electron chi connectivity index (χ0n) is 7.45. The van der Waals surface area contributed by atoms with Crippen molar-refractivity contribution in [2.75, 3.05) is 13.2 Å². The van der Waals surface area contributed by atoms with Gasteiger partial charge in [0, 0.05) is 6.04 Å². The number of carbonyl (C=O) groups is 1. The highest BCUT2D eigenvalue weighted by Crippen LogP contribution is 2.26. The molecule has 1 rings (SSSR count). The number of hydrogen-bond acceptors (Lipinski definition) is 3. The molecule has 0 heterocycles. The minimum Gasteiger partial charge on any atom is -0.465 e. The first-order chi connectivity index (χ1) is 5.77. The Hall–Kier alpha value is -0.990. The molecule has 0 aromatic carbocycles. The Morgan fingerprint density at radius 1 is 1.75 bits per heavy atom. The van der Waals surface area contributed by atoms with Gasteiger partial charge in [-0.1, -0.05) is 6.58 Å². The first-order valence-corrected chi connectivity index (χ1v) is 4.31. The van der Waals surface area contributed by atoms with E-state index in [2.05, 4.69) is 6.58 Å². The normalized spacial score (nSPS) is 15.4. The third kappa shape index (κ3) is 2.57. The van der Waals surface area contributed by atoms with Crippen LogP contribution in [0.3, 0.4) is 0 Å². The lowest BCUT2D eigenvalue weighted by atomic mass is 10.5. The van der Waals surface area contributed by atoms with Crippen LogP contribution in [-0.4, -0.2) is 30.1 Å². The summed E-state index contributed by atoms with van der Waals surface area (Å²) in [7, 11) is 0. The molecule has 3 heteroatoms. The Morgan fingerprint density at radius 3 is 2.83 bits per heavy atom. The van der Waals surface area contributed by atoms with Crippen LogP contribution in [0.25, 0.3) is 0 Å². The first-order valence-electron chi connectivity index (χ1n) is 4.31. The molecule has 0 spiro atoms. The summed E-state index contributed by atoms with van der Waals surface area (Å²) in [6.45, 7) is 6.27. The van der Waals surface area contributed by atoms with E-state index in [1.807, 2.05) is 11.8 Å². The Labute approximate surface area is 73.0 Å². The van der Waals surface area contributed by atoms with Gasteiger partial charge in [-0.15, -0.1) is 0 Å². The van der Waals surface area contributed by atoms with Gasteiger partial charge < -0.3 is 9.64 Å². The summed E-state index contributed by atoms with van der Waals surface area (Å²) in [5, 5.41) is 0. The van der Waals surface area contributed by atoms with Gasteiger partial charge in [0.2, 0.25) is 0 Å². The first kappa shape index (κ1) is 9.10. The van der Waals surface area contributed by atoms with Gasteiger partial charge in [-0.25, -0.2) is 0 Å². The third-order valence-electron chi connectivity index (χ3n) is 1.87. The fraction of sp³-hybridized carbons (Fsp3) is 0.667. The third-order valence-corrected chi connectivity index (χ3v) is 1.87. The van der Waals surface area contributed by atoms with Crippen molar-refractivity contribution in [2.24, 2.45) is 0 Å². The molecule has 3 nitrogen and oxygen atoms in total. The Balaban J connectivity index is 2.26. The van der Waals surface area contributed by atoms with E-state index in [-0.39, 0.29) is 5.97 Å². The van der Waals surface area contributed by atoms with Crippen molar-refractivity contribution in [3.8, 4) is 0 Å². The highest BCUT2D eigenvalue weighted by atomic mass is 16.5. The molecular weight excluding hydrogens is 154 g/mol. The summed E-state index contributed by atoms with van der Waals surface area (Å²) in [6, 6.07) is 0.534. The number of esters is 1. The van der Waals surface area contributed by atoms with Crippen LogP contribution in [0.5, 0.6) is 0 Å². The van der Waals surface area contributed by atoms with Gasteiger partial charge in [-0.05, 0) is 26.0 Å². The molecule has 1 aliphatic rings. The minimum atomic E-state index is -0.163. The lowest BCUT2D eigenvalue weighted by molar-refractivity contribution is -0.143. The van der Waals surface area contributed by atoms with Crippen molar-refractivity contribution in [2.45, 2.75) is 25.8 Å². The van der Waals surface area contributed by atoms with Crippen molar-refractivity contribution in [1.29, 1.82) is 0 Å². The molecule has 0 bridgehead atoms. The Kier molecular flexibility index (Phi) is 3.14. The van der Waals surface area contributed by atoms with Crippen molar-refractivity contribution < 1.29 is 9.53 Å². The van der Waals surface area contributed by atoms with Crippen molar-refractivity contribution in [1.82, 2.24) is 4.90 Å². The van der Waals surface area contributed by atoms with Crippen LogP contribution >= 0.6 is 0 Å². The van der Waals surface area contributed by atoms with Crippen molar-refractivity contribution in [3.05, 3.63) is 12.8 Å². The van der Waals surface area contributed by atoms with Gasteiger partial charge in [0.1, 0.15) is 6.54 Å². The molecule has 0 aromatic rings. The van der Waals surface area contributed by atoms with E-state index in [1.54, 1.807) is 6.20 Å². The summed E-state index contributed by atoms with van der Waals surface area (Å²) >= 11 is 0. The number of nitrogens with zero attached hydrogens (tertiary/aromatic N) is 1. The van der Waals surface area contributed by atoms with Gasteiger partial charge in [-0.3, -0.25) is 4.79 Å². The average Bonchev–Trinajstić information content (AvgIpc) is 2.83. The van der Waals surface area contributed by atoms with Gasteiger partial charge in [0.15, 0.2) is 0 Å². The lowest BCUT2D eigenvalue weighted by Crippen LogP contribution is -2.28. The Bertz CT molecular complexity index is 175. The average molecular weight is 169 g/mol. The molecule has 1 saturated carbocycles. The minimum absolute atomic E-state index is 0.163. The van der Waals surface area contributed by atoms with Crippen LogP contribution in [0.15, 0.2) is 12.8 Å². The molecule has 0 amide bonds. The number of hydrogen-bond donors (Lipinski definition) is 0. The van der Waals surface area contributed by atoms with Gasteiger partial charge in [0.25, 0.3) is 0 Å². The molecule has 0 radical (unpaired) electrons. The molecule has 68 valence electrons. The van der Waals surface area contributed by atoms with Crippen LogP contribution in [0.1, 0.15) is 19.8 Å². The zero-order chi connectivity index (χ0) is 8.97. The van der Waals surface area contributed by atoms with Gasteiger partial charge >= 0.3 is 5.97 Å². The smallest absolute Gasteiger partial charge is 0.325 e. The molecule has 1 aliphatic carbocycles. The van der Waals surface area contributed by atoms with Crippen molar-refractivity contribution in [3.63, 3.8) is 0 Å². The molecule has 1 fully saturated rings. The molecular formula is C9H15NO2. The summed E-state index contributed by atoms with van der Waals surface area (Å²) in [5.74, 6) is -0.163. The van der Waals surface area contributed by atoms with Crippen LogP contribution in [0.4, 0.5) is 0 Å². The van der Waals surface area contributed by atoms with E-state index in [9.17, 15) is 4.79 Å². The Morgan fingerprint density at radius 2 is 2.42 bits per heavy atom. The summed E-state index contributed by atoms with van der Waals surface area (Å²) in [5.41, 5.74) is 0. The summed E-state index contributed by atoms with van der Waals surface area (Å²) in [6.07, 6.45) is 4.06. The predicted molar refractivity (Wildman–Crippen MR) is 46.6 cm³/mol. The maximum absolute atomic E-state index is 11.0.